The van der Waals surface area contributed by atoms with E-state index >= 15 is 0 Å². The van der Waals surface area contributed by atoms with Gasteiger partial charge in [-0.25, -0.2) is 4.98 Å². The van der Waals surface area contributed by atoms with Gasteiger partial charge in [0.1, 0.15) is 0 Å². The Morgan fingerprint density at radius 1 is 0.955 bits per heavy atom. The van der Waals surface area contributed by atoms with Crippen LogP contribution in [0.3, 0.4) is 0 Å². The Balaban J connectivity index is 1.65. The molecule has 0 aliphatic rings. The highest BCUT2D eigenvalue weighted by atomic mass is 32.1. The van der Waals surface area contributed by atoms with Crippen LogP contribution in [0, 0.1) is 11.8 Å². The molecular formula is C17H10N4S. The van der Waals surface area contributed by atoms with E-state index in [0.29, 0.717) is 0 Å². The zero-order valence-electron chi connectivity index (χ0n) is 11.5. The second kappa shape index (κ2) is 5.43. The minimum atomic E-state index is 0.843. The maximum atomic E-state index is 4.57. The second-order valence-electron chi connectivity index (χ2n) is 4.62. The molecule has 0 aliphatic carbocycles. The standard InChI is InChI=1S/C17H10N4S/c1(13-5-7-18-8-6-13)2-14-3-4-16(22-14)15-12-21-10-9-19-11-17(21)20-15/h3-12H. The van der Waals surface area contributed by atoms with Crippen LogP contribution in [-0.2, 0) is 0 Å². The van der Waals surface area contributed by atoms with E-state index in [4.69, 9.17) is 0 Å². The van der Waals surface area contributed by atoms with Crippen molar-refractivity contribution in [3.05, 3.63) is 71.9 Å². The van der Waals surface area contributed by atoms with Crippen molar-refractivity contribution in [2.45, 2.75) is 0 Å². The van der Waals surface area contributed by atoms with Crippen molar-refractivity contribution in [1.29, 1.82) is 0 Å². The molecule has 0 saturated heterocycles. The minimum Gasteiger partial charge on any atom is -0.304 e. The van der Waals surface area contributed by atoms with Crippen LogP contribution in [0.2, 0.25) is 0 Å². The molecule has 5 heteroatoms. The van der Waals surface area contributed by atoms with Crippen LogP contribution >= 0.6 is 11.3 Å². The fourth-order valence-corrected chi connectivity index (χ4v) is 2.89. The molecule has 4 rings (SSSR count). The zero-order valence-corrected chi connectivity index (χ0v) is 12.3. The molecule has 4 nitrogen and oxygen atoms in total. The van der Waals surface area contributed by atoms with Crippen molar-refractivity contribution in [1.82, 2.24) is 19.4 Å². The van der Waals surface area contributed by atoms with Gasteiger partial charge < -0.3 is 4.40 Å². The van der Waals surface area contributed by atoms with Crippen LogP contribution in [0.5, 0.6) is 0 Å². The summed E-state index contributed by atoms with van der Waals surface area (Å²) in [6, 6.07) is 7.88. The molecule has 0 saturated carbocycles. The maximum Gasteiger partial charge on any atom is 0.156 e. The Hall–Kier alpha value is -2.97. The van der Waals surface area contributed by atoms with Gasteiger partial charge in [-0.2, -0.15) is 0 Å². The van der Waals surface area contributed by atoms with Crippen LogP contribution in [0.15, 0.2) is 61.4 Å². The first-order chi connectivity index (χ1) is 10.9. The van der Waals surface area contributed by atoms with E-state index in [-0.39, 0.29) is 0 Å². The lowest BCUT2D eigenvalue weighted by Crippen LogP contribution is -1.81. The first kappa shape index (κ1) is 12.7. The van der Waals surface area contributed by atoms with E-state index in [2.05, 4.69) is 32.9 Å². The fraction of sp³-hybridized carbons (Fsp3) is 0. The minimum absolute atomic E-state index is 0.843. The summed E-state index contributed by atoms with van der Waals surface area (Å²) in [4.78, 5) is 14.7. The lowest BCUT2D eigenvalue weighted by Gasteiger charge is -1.86. The monoisotopic (exact) mass is 302 g/mol. The normalized spacial score (nSPS) is 10.4. The molecule has 0 aromatic carbocycles. The van der Waals surface area contributed by atoms with Crippen LogP contribution in [0.1, 0.15) is 10.4 Å². The van der Waals surface area contributed by atoms with Crippen molar-refractivity contribution < 1.29 is 0 Å². The van der Waals surface area contributed by atoms with Crippen molar-refractivity contribution in [2.24, 2.45) is 0 Å². The van der Waals surface area contributed by atoms with Gasteiger partial charge >= 0.3 is 0 Å². The van der Waals surface area contributed by atoms with Crippen molar-refractivity contribution in [2.75, 3.05) is 0 Å². The Labute approximate surface area is 131 Å². The van der Waals surface area contributed by atoms with Crippen LogP contribution in [-0.4, -0.2) is 19.4 Å². The molecule has 104 valence electrons. The molecule has 22 heavy (non-hydrogen) atoms. The lowest BCUT2D eigenvalue weighted by atomic mass is 10.3. The van der Waals surface area contributed by atoms with Gasteiger partial charge in [0.05, 0.1) is 21.6 Å². The van der Waals surface area contributed by atoms with E-state index in [1.54, 1.807) is 36.1 Å². The van der Waals surface area contributed by atoms with Gasteiger partial charge in [-0.1, -0.05) is 11.8 Å². The maximum absolute atomic E-state index is 4.57. The molecule has 0 spiro atoms. The van der Waals surface area contributed by atoms with Gasteiger partial charge in [0, 0.05) is 36.5 Å². The van der Waals surface area contributed by atoms with Crippen molar-refractivity contribution >= 4 is 17.0 Å². The van der Waals surface area contributed by atoms with Gasteiger partial charge in [0.15, 0.2) is 5.65 Å². The summed E-state index contributed by atoms with van der Waals surface area (Å²) in [6.07, 6.45) is 10.9. The number of hydrogen-bond acceptors (Lipinski definition) is 4. The van der Waals surface area contributed by atoms with E-state index in [9.17, 15) is 0 Å². The zero-order chi connectivity index (χ0) is 14.8. The lowest BCUT2D eigenvalue weighted by molar-refractivity contribution is 1.13. The number of imidazole rings is 1. The molecule has 4 heterocycles. The van der Waals surface area contributed by atoms with Gasteiger partial charge in [0.25, 0.3) is 0 Å². The topological polar surface area (TPSA) is 43.1 Å². The molecule has 0 bridgehead atoms. The van der Waals surface area contributed by atoms with Gasteiger partial charge in [-0.15, -0.1) is 11.3 Å². The number of aromatic nitrogens is 4. The Bertz CT molecular complexity index is 956. The third-order valence-corrected chi connectivity index (χ3v) is 4.16. The van der Waals surface area contributed by atoms with Crippen LogP contribution in [0.4, 0.5) is 0 Å². The van der Waals surface area contributed by atoms with Gasteiger partial charge in [-0.3, -0.25) is 9.97 Å². The van der Waals surface area contributed by atoms with Crippen molar-refractivity contribution in [3.63, 3.8) is 0 Å². The quantitative estimate of drug-likeness (QED) is 0.507. The average molecular weight is 302 g/mol. The number of thiophene rings is 1. The summed E-state index contributed by atoms with van der Waals surface area (Å²) in [5.41, 5.74) is 2.74. The van der Waals surface area contributed by atoms with E-state index in [1.165, 1.54) is 0 Å². The molecular weight excluding hydrogens is 292 g/mol. The second-order valence-corrected chi connectivity index (χ2v) is 5.70. The fourth-order valence-electron chi connectivity index (χ4n) is 2.07. The summed E-state index contributed by atoms with van der Waals surface area (Å²) in [5, 5.41) is 0. The molecule has 0 atom stereocenters. The van der Waals surface area contributed by atoms with Crippen LogP contribution in [0.25, 0.3) is 16.2 Å². The molecule has 4 aromatic heterocycles. The first-order valence-corrected chi connectivity index (χ1v) is 7.51. The van der Waals surface area contributed by atoms with Gasteiger partial charge in [0.2, 0.25) is 0 Å². The summed E-state index contributed by atoms with van der Waals surface area (Å²) < 4.78 is 1.96. The first-order valence-electron chi connectivity index (χ1n) is 6.69. The average Bonchev–Trinajstić information content (AvgIpc) is 3.20. The number of pyridine rings is 1. The highest BCUT2D eigenvalue weighted by Crippen LogP contribution is 2.27. The molecule has 0 unspecified atom stereocenters. The Morgan fingerprint density at radius 3 is 2.73 bits per heavy atom. The molecule has 0 radical (unpaired) electrons. The highest BCUT2D eigenvalue weighted by molar-refractivity contribution is 7.16. The SMILES string of the molecule is C(#Cc1ccc(-c2cn3ccncc3n2)s1)c1ccncc1. The summed E-state index contributed by atoms with van der Waals surface area (Å²) >= 11 is 1.63. The summed E-state index contributed by atoms with van der Waals surface area (Å²) in [6.45, 7) is 0. The molecule has 0 N–H and O–H groups in total. The smallest absolute Gasteiger partial charge is 0.156 e. The third kappa shape index (κ3) is 2.48. The van der Waals surface area contributed by atoms with E-state index < -0.39 is 0 Å². The molecule has 0 aliphatic heterocycles. The molecule has 0 fully saturated rings. The molecule has 0 amide bonds. The van der Waals surface area contributed by atoms with Gasteiger partial charge in [-0.05, 0) is 24.3 Å². The third-order valence-electron chi connectivity index (χ3n) is 3.13. The van der Waals surface area contributed by atoms with E-state index in [1.807, 2.05) is 35.0 Å². The number of rotatable bonds is 1. The van der Waals surface area contributed by atoms with Crippen LogP contribution < -0.4 is 0 Å². The van der Waals surface area contributed by atoms with E-state index in [0.717, 1.165) is 26.7 Å². The molecule has 4 aromatic rings. The summed E-state index contributed by atoms with van der Waals surface area (Å²) in [5.74, 6) is 6.32. The highest BCUT2D eigenvalue weighted by Gasteiger charge is 2.06. The predicted octanol–water partition coefficient (Wildman–Crippen LogP) is 3.25. The predicted molar refractivity (Wildman–Crippen MR) is 86.5 cm³/mol. The number of nitrogens with zero attached hydrogens (tertiary/aromatic N) is 4. The summed E-state index contributed by atoms with van der Waals surface area (Å²) in [7, 11) is 0. The Morgan fingerprint density at radius 2 is 1.86 bits per heavy atom. The number of hydrogen-bond donors (Lipinski definition) is 0. The Kier molecular flexibility index (Phi) is 3.15. The van der Waals surface area contributed by atoms with Crippen molar-refractivity contribution in [3.8, 4) is 22.4 Å². The largest absolute Gasteiger partial charge is 0.304 e. The number of fused-ring (bicyclic) bond motifs is 1.